The molecule has 1 unspecified atom stereocenters. The summed E-state index contributed by atoms with van der Waals surface area (Å²) in [5.74, 6) is -0.627. The summed E-state index contributed by atoms with van der Waals surface area (Å²) in [6.07, 6.45) is -0.228. The van der Waals surface area contributed by atoms with Crippen LogP contribution in [0.5, 0.6) is 5.75 Å². The van der Waals surface area contributed by atoms with Gasteiger partial charge in [-0.15, -0.1) is 0 Å². The summed E-state index contributed by atoms with van der Waals surface area (Å²) in [5.41, 5.74) is 6.14. The molecule has 0 aliphatic heterocycles. The number of benzene rings is 1. The van der Waals surface area contributed by atoms with Crippen LogP contribution in [0.3, 0.4) is 0 Å². The van der Waals surface area contributed by atoms with Gasteiger partial charge in [-0.05, 0) is 38.4 Å². The van der Waals surface area contributed by atoms with Crippen molar-refractivity contribution in [1.82, 2.24) is 5.32 Å². The predicted octanol–water partition coefficient (Wildman–Crippen LogP) is 1.23. The predicted molar refractivity (Wildman–Crippen MR) is 67.9 cm³/mol. The average Bonchev–Trinajstić information content (AvgIpc) is 2.34. The van der Waals surface area contributed by atoms with Gasteiger partial charge in [0, 0.05) is 6.54 Å². The van der Waals surface area contributed by atoms with E-state index in [1.807, 2.05) is 6.92 Å². The molecule has 0 spiro atoms. The number of carbonyl (C=O) groups is 1. The lowest BCUT2D eigenvalue weighted by molar-refractivity contribution is -0.127. The highest BCUT2D eigenvalue weighted by atomic mass is 19.1. The third-order valence-corrected chi connectivity index (χ3v) is 2.48. The molecule has 100 valence electrons. The molecule has 1 amide bonds. The van der Waals surface area contributed by atoms with Crippen LogP contribution in [0.2, 0.25) is 0 Å². The van der Waals surface area contributed by atoms with Gasteiger partial charge < -0.3 is 15.8 Å². The SMILES string of the molecule is CCNC(=O)C(C)Oc1c(F)cccc1CCN. The Labute approximate surface area is 106 Å². The van der Waals surface area contributed by atoms with Gasteiger partial charge in [-0.1, -0.05) is 12.1 Å². The fourth-order valence-electron chi connectivity index (χ4n) is 1.59. The van der Waals surface area contributed by atoms with Crippen molar-refractivity contribution in [3.63, 3.8) is 0 Å². The van der Waals surface area contributed by atoms with Crippen molar-refractivity contribution >= 4 is 5.91 Å². The quantitative estimate of drug-likeness (QED) is 0.802. The van der Waals surface area contributed by atoms with Crippen LogP contribution in [-0.4, -0.2) is 25.1 Å². The normalized spacial score (nSPS) is 12.0. The minimum atomic E-state index is -0.738. The first-order valence-corrected chi connectivity index (χ1v) is 6.02. The Morgan fingerprint density at radius 3 is 2.89 bits per heavy atom. The molecule has 3 N–H and O–H groups in total. The number of ether oxygens (including phenoxy) is 1. The molecule has 0 heterocycles. The smallest absolute Gasteiger partial charge is 0.260 e. The van der Waals surface area contributed by atoms with Crippen LogP contribution >= 0.6 is 0 Å². The first-order valence-electron chi connectivity index (χ1n) is 6.02. The first kappa shape index (κ1) is 14.4. The summed E-state index contributed by atoms with van der Waals surface area (Å²) < 4.78 is 19.1. The first-order chi connectivity index (χ1) is 8.60. The zero-order chi connectivity index (χ0) is 13.5. The lowest BCUT2D eigenvalue weighted by atomic mass is 10.1. The van der Waals surface area contributed by atoms with Gasteiger partial charge >= 0.3 is 0 Å². The van der Waals surface area contributed by atoms with Crippen molar-refractivity contribution in [3.05, 3.63) is 29.6 Å². The van der Waals surface area contributed by atoms with Crippen LogP contribution in [0.25, 0.3) is 0 Å². The number of nitrogens with one attached hydrogen (secondary N) is 1. The number of amides is 1. The molecule has 1 aromatic carbocycles. The van der Waals surface area contributed by atoms with Crippen LogP contribution in [0.15, 0.2) is 18.2 Å². The fourth-order valence-corrected chi connectivity index (χ4v) is 1.59. The monoisotopic (exact) mass is 254 g/mol. The molecule has 1 rings (SSSR count). The number of para-hydroxylation sites is 1. The molecule has 0 saturated heterocycles. The number of carbonyl (C=O) groups excluding carboxylic acids is 1. The Hall–Kier alpha value is -1.62. The summed E-state index contributed by atoms with van der Waals surface area (Å²) in [5, 5.41) is 2.63. The van der Waals surface area contributed by atoms with Crippen molar-refractivity contribution in [2.45, 2.75) is 26.4 Å². The van der Waals surface area contributed by atoms with E-state index in [0.717, 1.165) is 0 Å². The molecule has 18 heavy (non-hydrogen) atoms. The highest BCUT2D eigenvalue weighted by molar-refractivity contribution is 5.80. The lowest BCUT2D eigenvalue weighted by Gasteiger charge is -2.17. The Morgan fingerprint density at radius 2 is 2.28 bits per heavy atom. The van der Waals surface area contributed by atoms with E-state index >= 15 is 0 Å². The largest absolute Gasteiger partial charge is 0.478 e. The zero-order valence-electron chi connectivity index (χ0n) is 10.7. The van der Waals surface area contributed by atoms with Crippen LogP contribution in [0.1, 0.15) is 19.4 Å². The number of halogens is 1. The second-order valence-corrected chi connectivity index (χ2v) is 3.92. The van der Waals surface area contributed by atoms with E-state index in [1.165, 1.54) is 6.07 Å². The van der Waals surface area contributed by atoms with Crippen LogP contribution < -0.4 is 15.8 Å². The molecule has 0 aliphatic rings. The van der Waals surface area contributed by atoms with Gasteiger partial charge in [0.15, 0.2) is 17.7 Å². The molecule has 4 nitrogen and oxygen atoms in total. The van der Waals surface area contributed by atoms with E-state index in [-0.39, 0.29) is 11.7 Å². The van der Waals surface area contributed by atoms with Crippen LogP contribution in [0.4, 0.5) is 4.39 Å². The van der Waals surface area contributed by atoms with Gasteiger partial charge in [0.25, 0.3) is 5.91 Å². The van der Waals surface area contributed by atoms with Crippen molar-refractivity contribution in [3.8, 4) is 5.75 Å². The number of nitrogens with two attached hydrogens (primary N) is 1. The number of hydrogen-bond donors (Lipinski definition) is 2. The lowest BCUT2D eigenvalue weighted by Crippen LogP contribution is -2.36. The standard InChI is InChI=1S/C13H19FN2O2/c1-3-16-13(17)9(2)18-12-10(7-8-15)5-4-6-11(12)14/h4-6,9H,3,7-8,15H2,1-2H3,(H,16,17). The van der Waals surface area contributed by atoms with E-state index in [0.29, 0.717) is 25.1 Å². The van der Waals surface area contributed by atoms with Gasteiger partial charge in [-0.25, -0.2) is 4.39 Å². The minimum absolute atomic E-state index is 0.113. The van der Waals surface area contributed by atoms with Crippen molar-refractivity contribution in [2.24, 2.45) is 5.73 Å². The summed E-state index contributed by atoms with van der Waals surface area (Å²) in [6, 6.07) is 4.65. The maximum absolute atomic E-state index is 13.7. The second-order valence-electron chi connectivity index (χ2n) is 3.92. The maximum Gasteiger partial charge on any atom is 0.260 e. The van der Waals surface area contributed by atoms with E-state index < -0.39 is 11.9 Å². The Morgan fingerprint density at radius 1 is 1.56 bits per heavy atom. The highest BCUT2D eigenvalue weighted by Crippen LogP contribution is 2.24. The Bertz CT molecular complexity index is 410. The van der Waals surface area contributed by atoms with Crippen molar-refractivity contribution in [1.29, 1.82) is 0 Å². The van der Waals surface area contributed by atoms with E-state index in [9.17, 15) is 9.18 Å². The topological polar surface area (TPSA) is 64.3 Å². The molecule has 0 bridgehead atoms. The van der Waals surface area contributed by atoms with Crippen LogP contribution in [0, 0.1) is 5.82 Å². The van der Waals surface area contributed by atoms with Crippen LogP contribution in [-0.2, 0) is 11.2 Å². The molecule has 1 atom stereocenters. The number of likely N-dealkylation sites (N-methyl/N-ethyl adjacent to an activating group) is 1. The van der Waals surface area contributed by atoms with E-state index in [1.54, 1.807) is 19.1 Å². The Kier molecular flexibility index (Phi) is 5.58. The average molecular weight is 254 g/mol. The molecule has 1 aromatic rings. The fraction of sp³-hybridized carbons (Fsp3) is 0.462. The molecule has 0 aliphatic carbocycles. The van der Waals surface area contributed by atoms with Crippen molar-refractivity contribution in [2.75, 3.05) is 13.1 Å². The molecule has 0 saturated carbocycles. The number of rotatable bonds is 6. The van der Waals surface area contributed by atoms with Gasteiger partial charge in [0.1, 0.15) is 0 Å². The van der Waals surface area contributed by atoms with E-state index in [4.69, 9.17) is 10.5 Å². The van der Waals surface area contributed by atoms with Gasteiger partial charge in [0.05, 0.1) is 0 Å². The molecule has 5 heteroatoms. The number of hydrogen-bond acceptors (Lipinski definition) is 3. The summed E-state index contributed by atoms with van der Waals surface area (Å²) in [4.78, 5) is 11.5. The second kappa shape index (κ2) is 6.96. The third kappa shape index (κ3) is 3.70. The summed E-state index contributed by atoms with van der Waals surface area (Å²) >= 11 is 0. The maximum atomic E-state index is 13.7. The summed E-state index contributed by atoms with van der Waals surface area (Å²) in [6.45, 7) is 4.31. The molecular formula is C13H19FN2O2. The molecular weight excluding hydrogens is 235 g/mol. The third-order valence-electron chi connectivity index (χ3n) is 2.48. The zero-order valence-corrected chi connectivity index (χ0v) is 10.7. The molecule has 0 radical (unpaired) electrons. The molecule has 0 fully saturated rings. The van der Waals surface area contributed by atoms with Gasteiger partial charge in [0.2, 0.25) is 0 Å². The minimum Gasteiger partial charge on any atom is -0.478 e. The van der Waals surface area contributed by atoms with E-state index in [2.05, 4.69) is 5.32 Å². The van der Waals surface area contributed by atoms with Gasteiger partial charge in [-0.2, -0.15) is 0 Å². The summed E-state index contributed by atoms with van der Waals surface area (Å²) in [7, 11) is 0. The Balaban J connectivity index is 2.85. The highest BCUT2D eigenvalue weighted by Gasteiger charge is 2.18. The molecule has 0 aromatic heterocycles. The van der Waals surface area contributed by atoms with Gasteiger partial charge in [-0.3, -0.25) is 4.79 Å². The van der Waals surface area contributed by atoms with Crippen molar-refractivity contribution < 1.29 is 13.9 Å².